The Morgan fingerprint density at radius 3 is 2.62 bits per heavy atom. The number of rotatable bonds is 10. The van der Waals surface area contributed by atoms with Crippen LogP contribution >= 0.6 is 27.3 Å². The average Bonchev–Trinajstić information content (AvgIpc) is 3.57. The molecule has 0 unspecified atom stereocenters. The predicted molar refractivity (Wildman–Crippen MR) is 163 cm³/mol. The topological polar surface area (TPSA) is 101 Å². The van der Waals surface area contributed by atoms with Crippen molar-refractivity contribution in [3.63, 3.8) is 0 Å². The Morgan fingerprint density at radius 2 is 1.90 bits per heavy atom. The van der Waals surface area contributed by atoms with Gasteiger partial charge < -0.3 is 23.4 Å². The van der Waals surface area contributed by atoms with E-state index in [0.29, 0.717) is 50.2 Å². The van der Waals surface area contributed by atoms with Gasteiger partial charge in [-0.15, -0.1) is 0 Å². The van der Waals surface area contributed by atoms with Gasteiger partial charge in [-0.05, 0) is 44.2 Å². The number of hydrogen-bond donors (Lipinski definition) is 0. The molecule has 5 rings (SSSR count). The zero-order valence-electron chi connectivity index (χ0n) is 23.5. The molecule has 4 aromatic rings. The lowest BCUT2D eigenvalue weighted by atomic mass is 9.94. The Bertz CT molecular complexity index is 1820. The highest BCUT2D eigenvalue weighted by Gasteiger charge is 2.36. The highest BCUT2D eigenvalue weighted by atomic mass is 79.9. The molecule has 9 nitrogen and oxygen atoms in total. The van der Waals surface area contributed by atoms with Gasteiger partial charge in [0.25, 0.3) is 5.56 Å². The summed E-state index contributed by atoms with van der Waals surface area (Å²) in [7, 11) is 3.07. The molecule has 2 aromatic heterocycles. The van der Waals surface area contributed by atoms with Crippen LogP contribution < -0.4 is 24.4 Å². The molecule has 1 atom stereocenters. The maximum Gasteiger partial charge on any atom is 0.338 e. The van der Waals surface area contributed by atoms with Crippen molar-refractivity contribution in [3.8, 4) is 22.8 Å². The number of thiazole rings is 1. The van der Waals surface area contributed by atoms with Crippen molar-refractivity contribution in [2.45, 2.75) is 19.9 Å². The van der Waals surface area contributed by atoms with E-state index in [0.717, 1.165) is 10.0 Å². The Kier molecular flexibility index (Phi) is 9.10. The Balaban J connectivity index is 1.66. The summed E-state index contributed by atoms with van der Waals surface area (Å²) in [5, 5.41) is 0. The lowest BCUT2D eigenvalue weighted by Crippen LogP contribution is -2.40. The molecule has 0 amide bonds. The number of nitrogens with zero attached hydrogens (tertiary/aromatic N) is 2. The van der Waals surface area contributed by atoms with Crippen molar-refractivity contribution >= 4 is 39.3 Å². The number of allylic oxidation sites excluding steroid dienone is 1. The van der Waals surface area contributed by atoms with Crippen LogP contribution in [0.5, 0.6) is 11.5 Å². The number of para-hydroxylation sites is 1. The molecule has 0 N–H and O–H groups in total. The maximum absolute atomic E-state index is 14.0. The molecule has 0 radical (unpaired) electrons. The van der Waals surface area contributed by atoms with Gasteiger partial charge in [-0.1, -0.05) is 51.5 Å². The summed E-state index contributed by atoms with van der Waals surface area (Å²) >= 11 is 4.66. The smallest absolute Gasteiger partial charge is 0.338 e. The first-order valence-corrected chi connectivity index (χ1v) is 14.8. The normalized spacial score (nSPS) is 14.9. The molecule has 0 saturated carbocycles. The summed E-state index contributed by atoms with van der Waals surface area (Å²) in [6.45, 7) is 4.23. The van der Waals surface area contributed by atoms with Gasteiger partial charge in [0.15, 0.2) is 16.3 Å². The Morgan fingerprint density at radius 1 is 1.12 bits per heavy atom. The molecule has 11 heteroatoms. The van der Waals surface area contributed by atoms with Crippen LogP contribution in [0.4, 0.5) is 0 Å². The van der Waals surface area contributed by atoms with Gasteiger partial charge in [-0.25, -0.2) is 9.79 Å². The standard InChI is InChI=1S/C31H29BrN2O7S/c1-5-39-28-22(7-6-8-24(28)38-4)27-26(30(36)40-16-15-37-3)18(2)33-31-34(27)29(35)25(42-31)17-21-13-14-23(41-21)19-9-11-20(32)12-10-19/h6-14,17,27H,5,15-16H2,1-4H3/b25-17+/t27-/m0/s1. The fraction of sp³-hybridized carbons (Fsp3) is 0.258. The number of halogens is 1. The minimum atomic E-state index is -0.870. The van der Waals surface area contributed by atoms with Crippen molar-refractivity contribution in [3.05, 3.63) is 101 Å². The van der Waals surface area contributed by atoms with Gasteiger partial charge in [0, 0.05) is 28.8 Å². The number of furan rings is 1. The number of ether oxygens (including phenoxy) is 4. The largest absolute Gasteiger partial charge is 0.493 e. The molecule has 2 aromatic carbocycles. The minimum absolute atomic E-state index is 0.0544. The number of benzene rings is 2. The molecule has 0 aliphatic carbocycles. The monoisotopic (exact) mass is 652 g/mol. The van der Waals surface area contributed by atoms with Gasteiger partial charge in [0.1, 0.15) is 24.2 Å². The summed E-state index contributed by atoms with van der Waals surface area (Å²) < 4.78 is 31.1. The third-order valence-corrected chi connectivity index (χ3v) is 8.12. The highest BCUT2D eigenvalue weighted by Crippen LogP contribution is 2.40. The number of methoxy groups -OCH3 is 2. The zero-order valence-corrected chi connectivity index (χ0v) is 25.9. The summed E-state index contributed by atoms with van der Waals surface area (Å²) in [4.78, 5) is 32.6. The molecule has 0 saturated heterocycles. The van der Waals surface area contributed by atoms with Crippen LogP contribution in [0.3, 0.4) is 0 Å². The van der Waals surface area contributed by atoms with E-state index in [1.54, 1.807) is 32.2 Å². The lowest BCUT2D eigenvalue weighted by molar-refractivity contribution is -0.140. The van der Waals surface area contributed by atoms with Crippen LogP contribution in [0.2, 0.25) is 0 Å². The first-order chi connectivity index (χ1) is 20.4. The Labute approximate surface area is 254 Å². The maximum atomic E-state index is 14.0. The van der Waals surface area contributed by atoms with Gasteiger partial charge >= 0.3 is 5.97 Å². The molecule has 3 heterocycles. The van der Waals surface area contributed by atoms with Crippen molar-refractivity contribution in [2.24, 2.45) is 4.99 Å². The van der Waals surface area contributed by atoms with Crippen molar-refractivity contribution in [1.29, 1.82) is 0 Å². The van der Waals surface area contributed by atoms with Crippen LogP contribution in [0.1, 0.15) is 31.2 Å². The van der Waals surface area contributed by atoms with E-state index in [2.05, 4.69) is 20.9 Å². The lowest BCUT2D eigenvalue weighted by Gasteiger charge is -2.27. The molecule has 0 spiro atoms. The van der Waals surface area contributed by atoms with Crippen LogP contribution in [-0.2, 0) is 14.3 Å². The van der Waals surface area contributed by atoms with E-state index in [1.165, 1.54) is 23.0 Å². The molecule has 0 fully saturated rings. The molecule has 1 aliphatic rings. The van der Waals surface area contributed by atoms with E-state index < -0.39 is 12.0 Å². The second kappa shape index (κ2) is 12.9. The number of carbonyl (C=O) groups is 1. The first-order valence-electron chi connectivity index (χ1n) is 13.2. The summed E-state index contributed by atoms with van der Waals surface area (Å²) in [5.41, 5.74) is 1.83. The van der Waals surface area contributed by atoms with E-state index in [4.69, 9.17) is 23.4 Å². The van der Waals surface area contributed by atoms with E-state index >= 15 is 0 Å². The third kappa shape index (κ3) is 5.85. The zero-order chi connectivity index (χ0) is 29.8. The number of esters is 1. The second-order valence-electron chi connectivity index (χ2n) is 9.23. The number of carbonyl (C=O) groups excluding carboxylic acids is 1. The predicted octanol–water partition coefficient (Wildman–Crippen LogP) is 4.85. The molecule has 1 aliphatic heterocycles. The second-order valence-corrected chi connectivity index (χ2v) is 11.2. The van der Waals surface area contributed by atoms with Crippen molar-refractivity contribution < 1.29 is 28.2 Å². The fourth-order valence-corrected chi connectivity index (χ4v) is 6.00. The van der Waals surface area contributed by atoms with Crippen molar-refractivity contribution in [1.82, 2.24) is 4.57 Å². The van der Waals surface area contributed by atoms with Gasteiger partial charge in [-0.2, -0.15) is 0 Å². The SMILES string of the molecule is CCOc1c(OC)cccc1[C@H]1C(C(=O)OCCOC)=C(C)N=c2s/c(=C/c3ccc(-c4ccc(Br)cc4)o3)c(=O)n21. The van der Waals surface area contributed by atoms with E-state index in [-0.39, 0.29) is 24.3 Å². The average molecular weight is 654 g/mol. The third-order valence-electron chi connectivity index (χ3n) is 6.60. The number of fused-ring (bicyclic) bond motifs is 1. The van der Waals surface area contributed by atoms with Crippen molar-refractivity contribution in [2.75, 3.05) is 34.0 Å². The first kappa shape index (κ1) is 29.6. The summed E-state index contributed by atoms with van der Waals surface area (Å²) in [6.07, 6.45) is 1.69. The highest BCUT2D eigenvalue weighted by molar-refractivity contribution is 9.10. The van der Waals surface area contributed by atoms with Gasteiger partial charge in [0.05, 0.1) is 36.1 Å². The fourth-order valence-electron chi connectivity index (χ4n) is 4.71. The summed E-state index contributed by atoms with van der Waals surface area (Å²) in [6, 6.07) is 15.9. The number of hydrogen-bond acceptors (Lipinski definition) is 9. The summed E-state index contributed by atoms with van der Waals surface area (Å²) in [5.74, 6) is 1.51. The van der Waals surface area contributed by atoms with E-state index in [1.807, 2.05) is 49.4 Å². The molecule has 42 heavy (non-hydrogen) atoms. The van der Waals surface area contributed by atoms with E-state index in [9.17, 15) is 9.59 Å². The molecule has 218 valence electrons. The minimum Gasteiger partial charge on any atom is -0.493 e. The van der Waals surface area contributed by atoms with Gasteiger partial charge in [-0.3, -0.25) is 9.36 Å². The molecule has 0 bridgehead atoms. The molecular formula is C31H29BrN2O7S. The quantitative estimate of drug-likeness (QED) is 0.178. The van der Waals surface area contributed by atoms with Crippen LogP contribution in [0.15, 0.2) is 84.5 Å². The van der Waals surface area contributed by atoms with Crippen LogP contribution in [0.25, 0.3) is 17.4 Å². The van der Waals surface area contributed by atoms with Crippen LogP contribution in [0, 0.1) is 0 Å². The van der Waals surface area contributed by atoms with Gasteiger partial charge in [0.2, 0.25) is 0 Å². The molecular weight excluding hydrogens is 624 g/mol. The number of aromatic nitrogens is 1. The Hall–Kier alpha value is -3.93. The van der Waals surface area contributed by atoms with Crippen LogP contribution in [-0.4, -0.2) is 44.6 Å².